The second-order valence-electron chi connectivity index (χ2n) is 5.73. The molecule has 0 spiro atoms. The fourth-order valence-corrected chi connectivity index (χ4v) is 2.40. The van der Waals surface area contributed by atoms with Crippen molar-refractivity contribution in [3.05, 3.63) is 72.8 Å². The molecule has 2 rings (SSSR count). The van der Waals surface area contributed by atoms with Gasteiger partial charge in [0.25, 0.3) is 5.91 Å². The molecule has 0 radical (unpaired) electrons. The molecule has 0 aliphatic carbocycles. The maximum Gasteiger partial charge on any atom is 0.255 e. The van der Waals surface area contributed by atoms with Crippen LogP contribution in [-0.2, 0) is 0 Å². The maximum atomic E-state index is 12.1. The molecule has 2 aromatic rings. The van der Waals surface area contributed by atoms with Crippen LogP contribution in [-0.4, -0.2) is 12.0 Å². The maximum absolute atomic E-state index is 12.1. The summed E-state index contributed by atoms with van der Waals surface area (Å²) in [5.74, 6) is 0.668. The van der Waals surface area contributed by atoms with Gasteiger partial charge in [-0.1, -0.05) is 50.6 Å². The van der Waals surface area contributed by atoms with Gasteiger partial charge in [0.1, 0.15) is 11.9 Å². The monoisotopic (exact) mass is 323 g/mol. The molecule has 0 saturated heterocycles. The fourth-order valence-electron chi connectivity index (χ4n) is 2.40. The van der Waals surface area contributed by atoms with E-state index in [-0.39, 0.29) is 12.0 Å². The number of amides is 1. The van der Waals surface area contributed by atoms with Gasteiger partial charge >= 0.3 is 0 Å². The molecule has 0 fully saturated rings. The SMILES string of the molecule is C=CC(CCCCC)Oc1ccc(NC(=O)c2ccccc2)cc1. The molecule has 0 aliphatic heterocycles. The third-order valence-electron chi connectivity index (χ3n) is 3.79. The van der Waals surface area contributed by atoms with Gasteiger partial charge < -0.3 is 10.1 Å². The number of benzene rings is 2. The van der Waals surface area contributed by atoms with Crippen LogP contribution in [0.5, 0.6) is 5.75 Å². The molecule has 24 heavy (non-hydrogen) atoms. The lowest BCUT2D eigenvalue weighted by Crippen LogP contribution is -2.13. The Morgan fingerprint density at radius 3 is 2.46 bits per heavy atom. The summed E-state index contributed by atoms with van der Waals surface area (Å²) in [6.45, 7) is 6.03. The molecule has 3 heteroatoms. The molecular weight excluding hydrogens is 298 g/mol. The summed E-state index contributed by atoms with van der Waals surface area (Å²) in [5, 5.41) is 2.88. The summed E-state index contributed by atoms with van der Waals surface area (Å²) in [4.78, 5) is 12.1. The molecule has 2 aromatic carbocycles. The van der Waals surface area contributed by atoms with E-state index >= 15 is 0 Å². The van der Waals surface area contributed by atoms with E-state index in [4.69, 9.17) is 4.74 Å². The van der Waals surface area contributed by atoms with Gasteiger partial charge in [-0.2, -0.15) is 0 Å². The minimum atomic E-state index is -0.118. The molecule has 1 atom stereocenters. The summed E-state index contributed by atoms with van der Waals surface area (Å²) in [7, 11) is 0. The van der Waals surface area contributed by atoms with Gasteiger partial charge in [0.15, 0.2) is 0 Å². The second-order valence-corrected chi connectivity index (χ2v) is 5.73. The highest BCUT2D eigenvalue weighted by molar-refractivity contribution is 6.04. The van der Waals surface area contributed by atoms with E-state index in [9.17, 15) is 4.79 Å². The highest BCUT2D eigenvalue weighted by Gasteiger charge is 2.07. The average Bonchev–Trinajstić information content (AvgIpc) is 2.63. The van der Waals surface area contributed by atoms with E-state index < -0.39 is 0 Å². The number of hydrogen-bond donors (Lipinski definition) is 1. The Morgan fingerprint density at radius 2 is 1.83 bits per heavy atom. The molecule has 1 amide bonds. The van der Waals surface area contributed by atoms with Crippen LogP contribution in [0.3, 0.4) is 0 Å². The third-order valence-corrected chi connectivity index (χ3v) is 3.79. The van der Waals surface area contributed by atoms with Crippen molar-refractivity contribution in [2.75, 3.05) is 5.32 Å². The van der Waals surface area contributed by atoms with Crippen LogP contribution in [0.4, 0.5) is 5.69 Å². The molecular formula is C21H25NO2. The molecule has 0 aliphatic rings. The summed E-state index contributed by atoms with van der Waals surface area (Å²) in [6, 6.07) is 16.6. The minimum Gasteiger partial charge on any atom is -0.486 e. The van der Waals surface area contributed by atoms with Crippen molar-refractivity contribution in [1.82, 2.24) is 0 Å². The van der Waals surface area contributed by atoms with E-state index in [0.29, 0.717) is 5.56 Å². The number of nitrogens with one attached hydrogen (secondary N) is 1. The number of unbranched alkanes of at least 4 members (excludes halogenated alkanes) is 2. The van der Waals surface area contributed by atoms with Crippen LogP contribution in [0.2, 0.25) is 0 Å². The first-order chi connectivity index (χ1) is 11.7. The zero-order chi connectivity index (χ0) is 17.2. The van der Waals surface area contributed by atoms with Gasteiger partial charge in [-0.05, 0) is 49.2 Å². The molecule has 0 bridgehead atoms. The predicted molar refractivity (Wildman–Crippen MR) is 99.6 cm³/mol. The molecule has 0 heterocycles. The van der Waals surface area contributed by atoms with E-state index in [1.165, 1.54) is 12.8 Å². The quantitative estimate of drug-likeness (QED) is 0.492. The van der Waals surface area contributed by atoms with Gasteiger partial charge in [-0.15, -0.1) is 0 Å². The molecule has 0 aromatic heterocycles. The first kappa shape index (κ1) is 17.8. The predicted octanol–water partition coefficient (Wildman–Crippen LogP) is 5.45. The van der Waals surface area contributed by atoms with Crippen molar-refractivity contribution < 1.29 is 9.53 Å². The van der Waals surface area contributed by atoms with Gasteiger partial charge in [0, 0.05) is 11.3 Å². The normalized spacial score (nSPS) is 11.5. The Bertz CT molecular complexity index is 635. The molecule has 1 unspecified atom stereocenters. The first-order valence-electron chi connectivity index (χ1n) is 8.48. The van der Waals surface area contributed by atoms with E-state index in [1.807, 2.05) is 48.5 Å². The van der Waals surface area contributed by atoms with Crippen LogP contribution in [0.1, 0.15) is 43.0 Å². The van der Waals surface area contributed by atoms with E-state index in [1.54, 1.807) is 12.1 Å². The molecule has 126 valence electrons. The standard InChI is InChI=1S/C21H25NO2/c1-3-5-7-12-19(4-2)24-20-15-13-18(14-16-20)22-21(23)17-10-8-6-9-11-17/h4,6,8-11,13-16,19H,2-3,5,7,12H2,1H3,(H,22,23). The summed E-state index contributed by atoms with van der Waals surface area (Å²) in [6.07, 6.45) is 6.39. The number of rotatable bonds is 9. The van der Waals surface area contributed by atoms with Crippen LogP contribution >= 0.6 is 0 Å². The molecule has 1 N–H and O–H groups in total. The van der Waals surface area contributed by atoms with Gasteiger partial charge in [0.2, 0.25) is 0 Å². The zero-order valence-corrected chi connectivity index (χ0v) is 14.2. The number of anilines is 1. The zero-order valence-electron chi connectivity index (χ0n) is 14.2. The highest BCUT2D eigenvalue weighted by atomic mass is 16.5. The van der Waals surface area contributed by atoms with E-state index in [0.717, 1.165) is 24.3 Å². The topological polar surface area (TPSA) is 38.3 Å². The van der Waals surface area contributed by atoms with Crippen molar-refractivity contribution in [3.63, 3.8) is 0 Å². The Labute approximate surface area is 144 Å². The average molecular weight is 323 g/mol. The van der Waals surface area contributed by atoms with Gasteiger partial charge in [0.05, 0.1) is 0 Å². The summed E-state index contributed by atoms with van der Waals surface area (Å²) < 4.78 is 5.92. The number of carbonyl (C=O) groups excluding carboxylic acids is 1. The van der Waals surface area contributed by atoms with Gasteiger partial charge in [-0.25, -0.2) is 0 Å². The lowest BCUT2D eigenvalue weighted by molar-refractivity contribution is 0.102. The Balaban J connectivity index is 1.90. The van der Waals surface area contributed by atoms with Crippen molar-refractivity contribution in [2.45, 2.75) is 38.7 Å². The minimum absolute atomic E-state index is 0.0290. The van der Waals surface area contributed by atoms with Crippen LogP contribution < -0.4 is 10.1 Å². The lowest BCUT2D eigenvalue weighted by atomic mass is 10.1. The number of hydrogen-bond acceptors (Lipinski definition) is 2. The Hall–Kier alpha value is -2.55. The smallest absolute Gasteiger partial charge is 0.255 e. The van der Waals surface area contributed by atoms with E-state index in [2.05, 4.69) is 18.8 Å². The van der Waals surface area contributed by atoms with Crippen LogP contribution in [0.15, 0.2) is 67.3 Å². The lowest BCUT2D eigenvalue weighted by Gasteiger charge is -2.15. The molecule has 3 nitrogen and oxygen atoms in total. The van der Waals surface area contributed by atoms with Crippen molar-refractivity contribution in [1.29, 1.82) is 0 Å². The largest absolute Gasteiger partial charge is 0.486 e. The summed E-state index contributed by atoms with van der Waals surface area (Å²) in [5.41, 5.74) is 1.39. The first-order valence-corrected chi connectivity index (χ1v) is 8.48. The van der Waals surface area contributed by atoms with Crippen molar-refractivity contribution in [2.24, 2.45) is 0 Å². The van der Waals surface area contributed by atoms with Crippen molar-refractivity contribution >= 4 is 11.6 Å². The summed E-state index contributed by atoms with van der Waals surface area (Å²) >= 11 is 0. The fraction of sp³-hybridized carbons (Fsp3) is 0.286. The second kappa shape index (κ2) is 9.56. The molecule has 0 saturated carbocycles. The number of ether oxygens (including phenoxy) is 1. The van der Waals surface area contributed by atoms with Crippen LogP contribution in [0.25, 0.3) is 0 Å². The van der Waals surface area contributed by atoms with Crippen molar-refractivity contribution in [3.8, 4) is 5.75 Å². The van der Waals surface area contributed by atoms with Crippen LogP contribution in [0, 0.1) is 0 Å². The van der Waals surface area contributed by atoms with Gasteiger partial charge in [-0.3, -0.25) is 4.79 Å². The Morgan fingerprint density at radius 1 is 1.12 bits per heavy atom. The highest BCUT2D eigenvalue weighted by Crippen LogP contribution is 2.19. The number of carbonyl (C=O) groups is 1. The third kappa shape index (κ3) is 5.58. The Kier molecular flexibility index (Phi) is 7.09.